The number of nitrogens with zero attached hydrogens (tertiary/aromatic N) is 1. The summed E-state index contributed by atoms with van der Waals surface area (Å²) in [6, 6.07) is 15.1. The molecule has 0 saturated carbocycles. The van der Waals surface area contributed by atoms with Crippen LogP contribution >= 0.6 is 0 Å². The van der Waals surface area contributed by atoms with Gasteiger partial charge in [-0.25, -0.2) is 0 Å². The second-order valence-corrected chi connectivity index (χ2v) is 6.55. The first kappa shape index (κ1) is 23.6. The van der Waals surface area contributed by atoms with Gasteiger partial charge in [-0.05, 0) is 55.7 Å². The molecule has 0 aliphatic carbocycles. The Bertz CT molecular complexity index is 917. The lowest BCUT2D eigenvalue weighted by Crippen LogP contribution is -2.25. The quantitative estimate of drug-likeness (QED) is 0.309. The van der Waals surface area contributed by atoms with Crippen LogP contribution in [0.25, 0.3) is 0 Å². The molecule has 7 heteroatoms. The van der Waals surface area contributed by atoms with Gasteiger partial charge in [0.15, 0.2) is 11.5 Å². The van der Waals surface area contributed by atoms with Crippen molar-refractivity contribution in [2.75, 3.05) is 26.9 Å². The minimum atomic E-state index is -0.425. The molecule has 1 amide bonds. The van der Waals surface area contributed by atoms with Crippen LogP contribution in [0.5, 0.6) is 17.2 Å². The third kappa shape index (κ3) is 7.59. The largest absolute Gasteiger partial charge is 0.497 e. The first-order chi connectivity index (χ1) is 15.1. The van der Waals surface area contributed by atoms with Gasteiger partial charge in [0.2, 0.25) is 0 Å². The number of hydrogen-bond acceptors (Lipinski definition) is 6. The van der Waals surface area contributed by atoms with E-state index in [0.717, 1.165) is 22.6 Å². The van der Waals surface area contributed by atoms with Crippen LogP contribution < -0.4 is 24.8 Å². The van der Waals surface area contributed by atoms with Crippen molar-refractivity contribution in [3.8, 4) is 23.3 Å². The van der Waals surface area contributed by atoms with Crippen molar-refractivity contribution in [3.63, 3.8) is 0 Å². The fourth-order valence-corrected chi connectivity index (χ4v) is 2.81. The third-order valence-corrected chi connectivity index (χ3v) is 4.39. The number of carbonyl (C=O) groups is 1. The zero-order valence-corrected chi connectivity index (χ0v) is 18.2. The molecule has 0 heterocycles. The highest BCUT2D eigenvalue weighted by Gasteiger charge is 2.09. The lowest BCUT2D eigenvalue weighted by Gasteiger charge is -2.12. The van der Waals surface area contributed by atoms with Gasteiger partial charge in [-0.2, -0.15) is 5.26 Å². The molecular formula is C24H29N3O4. The van der Waals surface area contributed by atoms with Gasteiger partial charge in [0.05, 0.1) is 20.3 Å². The van der Waals surface area contributed by atoms with E-state index < -0.39 is 5.91 Å². The number of rotatable bonds is 12. The Labute approximate surface area is 183 Å². The van der Waals surface area contributed by atoms with Crippen molar-refractivity contribution in [2.24, 2.45) is 0 Å². The number of nitriles is 1. The van der Waals surface area contributed by atoms with E-state index in [1.165, 1.54) is 6.20 Å². The highest BCUT2D eigenvalue weighted by molar-refractivity contribution is 5.97. The fraction of sp³-hybridized carbons (Fsp3) is 0.333. The van der Waals surface area contributed by atoms with Crippen LogP contribution in [0.2, 0.25) is 0 Å². The zero-order chi connectivity index (χ0) is 22.5. The van der Waals surface area contributed by atoms with E-state index in [1.54, 1.807) is 7.11 Å². The van der Waals surface area contributed by atoms with Gasteiger partial charge in [-0.3, -0.25) is 4.79 Å². The number of benzene rings is 2. The van der Waals surface area contributed by atoms with E-state index in [1.807, 2.05) is 62.4 Å². The number of hydrogen-bond donors (Lipinski definition) is 2. The molecular weight excluding hydrogens is 394 g/mol. The predicted molar refractivity (Wildman–Crippen MR) is 119 cm³/mol. The Morgan fingerprint density at radius 1 is 1.03 bits per heavy atom. The zero-order valence-electron chi connectivity index (χ0n) is 18.2. The highest BCUT2D eigenvalue weighted by atomic mass is 16.5. The molecule has 0 bridgehead atoms. The van der Waals surface area contributed by atoms with Crippen LogP contribution in [0.15, 0.2) is 54.2 Å². The molecule has 2 aromatic rings. The molecule has 0 fully saturated rings. The topological polar surface area (TPSA) is 92.6 Å². The van der Waals surface area contributed by atoms with Gasteiger partial charge in [0.1, 0.15) is 17.4 Å². The van der Waals surface area contributed by atoms with Crippen LogP contribution in [-0.4, -0.2) is 32.8 Å². The minimum absolute atomic E-state index is 0.0233. The maximum absolute atomic E-state index is 12.3. The maximum Gasteiger partial charge on any atom is 0.263 e. The van der Waals surface area contributed by atoms with Gasteiger partial charge >= 0.3 is 0 Å². The van der Waals surface area contributed by atoms with Crippen LogP contribution in [-0.2, 0) is 17.8 Å². The first-order valence-corrected chi connectivity index (χ1v) is 10.2. The molecule has 0 saturated heterocycles. The monoisotopic (exact) mass is 423 g/mol. The Kier molecular flexibility index (Phi) is 9.76. The van der Waals surface area contributed by atoms with E-state index in [9.17, 15) is 10.1 Å². The second-order valence-electron chi connectivity index (χ2n) is 6.55. The van der Waals surface area contributed by atoms with E-state index in [2.05, 4.69) is 10.6 Å². The van der Waals surface area contributed by atoms with Gasteiger partial charge in [0, 0.05) is 19.3 Å². The third-order valence-electron chi connectivity index (χ3n) is 4.39. The fourth-order valence-electron chi connectivity index (χ4n) is 2.81. The van der Waals surface area contributed by atoms with Gasteiger partial charge in [-0.1, -0.05) is 18.2 Å². The van der Waals surface area contributed by atoms with Crippen molar-refractivity contribution >= 4 is 5.91 Å². The average Bonchev–Trinajstić information content (AvgIpc) is 2.79. The molecule has 31 heavy (non-hydrogen) atoms. The lowest BCUT2D eigenvalue weighted by atomic mass is 10.1. The normalized spacial score (nSPS) is 10.7. The molecule has 0 radical (unpaired) electrons. The van der Waals surface area contributed by atoms with Crippen molar-refractivity contribution < 1.29 is 19.0 Å². The summed E-state index contributed by atoms with van der Waals surface area (Å²) in [5, 5.41) is 15.1. The molecule has 0 aliphatic heterocycles. The van der Waals surface area contributed by atoms with Crippen molar-refractivity contribution in [1.82, 2.24) is 10.6 Å². The molecule has 2 rings (SSSR count). The Morgan fingerprint density at radius 3 is 2.35 bits per heavy atom. The molecule has 164 valence electrons. The second kappa shape index (κ2) is 12.8. The summed E-state index contributed by atoms with van der Waals surface area (Å²) in [7, 11) is 1.60. The summed E-state index contributed by atoms with van der Waals surface area (Å²) >= 11 is 0. The number of carbonyl (C=O) groups excluding carboxylic acids is 1. The van der Waals surface area contributed by atoms with Crippen LogP contribution in [0, 0.1) is 11.3 Å². The number of ether oxygens (including phenoxy) is 3. The first-order valence-electron chi connectivity index (χ1n) is 10.2. The van der Waals surface area contributed by atoms with Crippen LogP contribution in [0.3, 0.4) is 0 Å². The maximum atomic E-state index is 12.3. The minimum Gasteiger partial charge on any atom is -0.497 e. The number of amides is 1. The summed E-state index contributed by atoms with van der Waals surface area (Å²) in [5.41, 5.74) is 2.01. The van der Waals surface area contributed by atoms with Gasteiger partial charge in [-0.15, -0.1) is 0 Å². The van der Waals surface area contributed by atoms with Crippen LogP contribution in [0.1, 0.15) is 25.0 Å². The molecule has 2 N–H and O–H groups in total. The van der Waals surface area contributed by atoms with Gasteiger partial charge in [0.25, 0.3) is 5.91 Å². The van der Waals surface area contributed by atoms with Crippen LogP contribution in [0.4, 0.5) is 0 Å². The van der Waals surface area contributed by atoms with Crippen molar-refractivity contribution in [3.05, 3.63) is 65.4 Å². The molecule has 0 atom stereocenters. The highest BCUT2D eigenvalue weighted by Crippen LogP contribution is 2.28. The Morgan fingerprint density at radius 2 is 1.71 bits per heavy atom. The predicted octanol–water partition coefficient (Wildman–Crippen LogP) is 3.35. The Hall–Kier alpha value is -3.66. The molecule has 0 unspecified atom stereocenters. The molecule has 7 nitrogen and oxygen atoms in total. The summed E-state index contributed by atoms with van der Waals surface area (Å²) in [4.78, 5) is 12.3. The number of nitrogens with one attached hydrogen (secondary N) is 2. The van der Waals surface area contributed by atoms with Crippen molar-refractivity contribution in [2.45, 2.75) is 26.8 Å². The standard InChI is InChI=1S/C24H29N3O4/c1-4-30-22-11-8-18(14-23(22)31-5-2)12-13-26-17-20(15-25)24(28)27-16-19-6-9-21(29-3)10-7-19/h6-11,14,17,26H,4-5,12-13,16H2,1-3H3,(H,27,28)/b20-17-. The Balaban J connectivity index is 1.86. The molecule has 0 spiro atoms. The van der Waals surface area contributed by atoms with E-state index in [0.29, 0.717) is 38.5 Å². The summed E-state index contributed by atoms with van der Waals surface area (Å²) < 4.78 is 16.3. The molecule has 0 aromatic heterocycles. The average molecular weight is 424 g/mol. The van der Waals surface area contributed by atoms with Crippen molar-refractivity contribution in [1.29, 1.82) is 5.26 Å². The molecule has 2 aromatic carbocycles. The van der Waals surface area contributed by atoms with E-state index in [-0.39, 0.29) is 5.57 Å². The smallest absolute Gasteiger partial charge is 0.263 e. The van der Waals surface area contributed by atoms with E-state index in [4.69, 9.17) is 14.2 Å². The number of methoxy groups -OCH3 is 1. The summed E-state index contributed by atoms with van der Waals surface area (Å²) in [5.74, 6) is 1.76. The van der Waals surface area contributed by atoms with Gasteiger partial charge < -0.3 is 24.8 Å². The summed E-state index contributed by atoms with van der Waals surface area (Å²) in [6.07, 6.45) is 2.15. The molecule has 0 aliphatic rings. The SMILES string of the molecule is CCOc1ccc(CCN/C=C(/C#N)C(=O)NCc2ccc(OC)cc2)cc1OCC. The lowest BCUT2D eigenvalue weighted by molar-refractivity contribution is -0.117. The van der Waals surface area contributed by atoms with E-state index >= 15 is 0 Å². The summed E-state index contributed by atoms with van der Waals surface area (Å²) in [6.45, 7) is 5.88.